The van der Waals surface area contributed by atoms with Gasteiger partial charge in [-0.1, -0.05) is 0 Å². The average Bonchev–Trinajstić information content (AvgIpc) is 2.13. The fraction of sp³-hybridized carbons (Fsp3) is 0.667. The van der Waals surface area contributed by atoms with Crippen LogP contribution in [0.15, 0.2) is 5.10 Å². The number of nitrogens with two attached hydrogens (primary N) is 1. The minimum Gasteiger partial charge on any atom is -0.481 e. The molecule has 0 aliphatic carbocycles. The van der Waals surface area contributed by atoms with Crippen molar-refractivity contribution in [3.05, 3.63) is 0 Å². The molecule has 0 atom stereocenters. The number of hydrogen-bond donors (Lipinski definition) is 3. The summed E-state index contributed by atoms with van der Waals surface area (Å²) in [4.78, 5) is 19.8. The van der Waals surface area contributed by atoms with E-state index in [1.807, 2.05) is 13.8 Å². The van der Waals surface area contributed by atoms with E-state index in [4.69, 9.17) is 16.1 Å². The maximum Gasteiger partial charge on any atom is 0.303 e. The van der Waals surface area contributed by atoms with Crippen LogP contribution in [-0.4, -0.2) is 27.9 Å². The van der Waals surface area contributed by atoms with Gasteiger partial charge in [-0.25, -0.2) is 0 Å². The van der Waals surface area contributed by atoms with Crippen LogP contribution in [0.4, 0.5) is 0 Å². The minimum atomic E-state index is -0.870. The third kappa shape index (κ3) is 24.5. The molecule has 4 N–H and O–H groups in total. The number of nitrogens with zero attached hydrogens (tertiary/aromatic N) is 1. The number of carboxylic acids is 2. The highest BCUT2D eigenvalue weighted by Gasteiger charge is 1.99. The fourth-order valence-corrected chi connectivity index (χ4v) is 0.552. The summed E-state index contributed by atoms with van der Waals surface area (Å²) in [6, 6.07) is 0. The molecule has 0 aliphatic rings. The van der Waals surface area contributed by atoms with Crippen molar-refractivity contribution in [3.8, 4) is 0 Å². The van der Waals surface area contributed by atoms with E-state index in [1.54, 1.807) is 0 Å². The summed E-state index contributed by atoms with van der Waals surface area (Å²) in [6.07, 6.45) is 1.02. The quantitative estimate of drug-likeness (QED) is 0.276. The Labute approximate surface area is 88.8 Å². The van der Waals surface area contributed by atoms with Crippen molar-refractivity contribution in [3.63, 3.8) is 0 Å². The summed E-state index contributed by atoms with van der Waals surface area (Å²) >= 11 is 0. The predicted octanol–water partition coefficient (Wildman–Crippen LogP) is 1.06. The molecule has 0 amide bonds. The van der Waals surface area contributed by atoms with Gasteiger partial charge in [0.05, 0.1) is 0 Å². The Bertz CT molecular complexity index is 206. The van der Waals surface area contributed by atoms with Crippen LogP contribution in [0, 0.1) is 0 Å². The van der Waals surface area contributed by atoms with Crippen molar-refractivity contribution >= 4 is 17.7 Å². The maximum atomic E-state index is 9.90. The van der Waals surface area contributed by atoms with Crippen LogP contribution in [0.25, 0.3) is 0 Å². The summed E-state index contributed by atoms with van der Waals surface area (Å²) < 4.78 is 0. The molecular formula is C9H18N2O4. The molecule has 0 aliphatic heterocycles. The zero-order valence-corrected chi connectivity index (χ0v) is 9.06. The molecule has 0 saturated heterocycles. The molecule has 0 rings (SSSR count). The molecule has 0 spiro atoms. The number of hydrazone groups is 1. The molecule has 0 aromatic heterocycles. The summed E-state index contributed by atoms with van der Waals surface area (Å²) in [5, 5.41) is 19.6. The van der Waals surface area contributed by atoms with Gasteiger partial charge in [0, 0.05) is 18.6 Å². The van der Waals surface area contributed by atoms with Crippen LogP contribution in [0.3, 0.4) is 0 Å². The molecule has 0 aromatic rings. The zero-order chi connectivity index (χ0) is 12.3. The number of unbranched alkanes of at least 4 members (excludes halogenated alkanes) is 1. The highest BCUT2D eigenvalue weighted by Crippen LogP contribution is 1.98. The first-order valence-electron chi connectivity index (χ1n) is 4.54. The second-order valence-corrected chi connectivity index (χ2v) is 3.07. The van der Waals surface area contributed by atoms with Crippen molar-refractivity contribution in [2.75, 3.05) is 0 Å². The van der Waals surface area contributed by atoms with Crippen molar-refractivity contribution in [2.24, 2.45) is 10.9 Å². The SMILES string of the molecule is CC(C)=NN.O=C(O)CCCCC(=O)O. The van der Waals surface area contributed by atoms with Gasteiger partial charge in [-0.05, 0) is 26.7 Å². The van der Waals surface area contributed by atoms with Crippen LogP contribution < -0.4 is 5.84 Å². The first-order valence-corrected chi connectivity index (χ1v) is 4.54. The van der Waals surface area contributed by atoms with Crippen LogP contribution >= 0.6 is 0 Å². The Morgan fingerprint density at radius 2 is 1.33 bits per heavy atom. The first kappa shape index (κ1) is 15.9. The fourth-order valence-electron chi connectivity index (χ4n) is 0.552. The summed E-state index contributed by atoms with van der Waals surface area (Å²) in [5.41, 5.74) is 0.907. The van der Waals surface area contributed by atoms with Crippen LogP contribution in [-0.2, 0) is 9.59 Å². The minimum absolute atomic E-state index is 0.0628. The number of rotatable bonds is 5. The van der Waals surface area contributed by atoms with Gasteiger partial charge in [0.2, 0.25) is 0 Å². The average molecular weight is 218 g/mol. The van der Waals surface area contributed by atoms with Crippen molar-refractivity contribution < 1.29 is 19.8 Å². The number of hydrogen-bond acceptors (Lipinski definition) is 4. The van der Waals surface area contributed by atoms with E-state index >= 15 is 0 Å². The molecule has 0 aromatic carbocycles. The van der Waals surface area contributed by atoms with E-state index < -0.39 is 11.9 Å². The van der Waals surface area contributed by atoms with Crippen molar-refractivity contribution in [2.45, 2.75) is 39.5 Å². The van der Waals surface area contributed by atoms with Crippen LogP contribution in [0.2, 0.25) is 0 Å². The van der Waals surface area contributed by atoms with E-state index in [1.165, 1.54) is 0 Å². The summed E-state index contributed by atoms with van der Waals surface area (Å²) in [5.74, 6) is 3.02. The molecule has 0 heterocycles. The maximum absolute atomic E-state index is 9.90. The van der Waals surface area contributed by atoms with E-state index in [-0.39, 0.29) is 12.8 Å². The van der Waals surface area contributed by atoms with Gasteiger partial charge in [-0.15, -0.1) is 0 Å². The molecule has 0 fully saturated rings. The lowest BCUT2D eigenvalue weighted by molar-refractivity contribution is -0.139. The summed E-state index contributed by atoms with van der Waals surface area (Å²) in [6.45, 7) is 3.69. The lowest BCUT2D eigenvalue weighted by atomic mass is 10.2. The van der Waals surface area contributed by atoms with Gasteiger partial charge in [0.1, 0.15) is 0 Å². The first-order chi connectivity index (χ1) is 6.90. The van der Waals surface area contributed by atoms with Gasteiger partial charge in [0.25, 0.3) is 0 Å². The lowest BCUT2D eigenvalue weighted by Crippen LogP contribution is -1.97. The summed E-state index contributed by atoms with van der Waals surface area (Å²) in [7, 11) is 0. The van der Waals surface area contributed by atoms with Gasteiger partial charge in [-0.2, -0.15) is 5.10 Å². The number of carbonyl (C=O) groups is 2. The van der Waals surface area contributed by atoms with E-state index in [0.29, 0.717) is 12.8 Å². The van der Waals surface area contributed by atoms with Gasteiger partial charge < -0.3 is 16.1 Å². The second kappa shape index (κ2) is 10.5. The zero-order valence-electron chi connectivity index (χ0n) is 9.06. The van der Waals surface area contributed by atoms with Gasteiger partial charge >= 0.3 is 11.9 Å². The molecule has 0 unspecified atom stereocenters. The Morgan fingerprint density at radius 1 is 1.07 bits per heavy atom. The molecule has 6 heteroatoms. The monoisotopic (exact) mass is 218 g/mol. The Morgan fingerprint density at radius 3 is 1.47 bits per heavy atom. The normalized spacial score (nSPS) is 8.40. The molecule has 6 nitrogen and oxygen atoms in total. The molecule has 88 valence electrons. The molecule has 0 radical (unpaired) electrons. The molecule has 0 saturated carbocycles. The number of aliphatic carboxylic acids is 2. The predicted molar refractivity (Wildman–Crippen MR) is 56.7 cm³/mol. The standard InChI is InChI=1S/C6H10O4.C3H8N2/c7-5(8)3-1-2-4-6(9)10;1-3(2)5-4/h1-4H2,(H,7,8)(H,9,10);4H2,1-2H3. The number of carboxylic acid groups (broad SMARTS) is 2. The highest BCUT2D eigenvalue weighted by atomic mass is 16.4. The molecule has 0 bridgehead atoms. The van der Waals surface area contributed by atoms with E-state index in [0.717, 1.165) is 5.71 Å². The Balaban J connectivity index is 0. The van der Waals surface area contributed by atoms with Gasteiger partial charge in [-0.3, -0.25) is 9.59 Å². The molecule has 15 heavy (non-hydrogen) atoms. The largest absolute Gasteiger partial charge is 0.481 e. The van der Waals surface area contributed by atoms with Crippen molar-refractivity contribution in [1.29, 1.82) is 0 Å². The van der Waals surface area contributed by atoms with E-state index in [2.05, 4.69) is 5.10 Å². The smallest absolute Gasteiger partial charge is 0.303 e. The Hall–Kier alpha value is -1.59. The second-order valence-electron chi connectivity index (χ2n) is 3.07. The highest BCUT2D eigenvalue weighted by molar-refractivity contribution is 5.78. The van der Waals surface area contributed by atoms with E-state index in [9.17, 15) is 9.59 Å². The molecular weight excluding hydrogens is 200 g/mol. The third-order valence-corrected chi connectivity index (χ3v) is 1.29. The third-order valence-electron chi connectivity index (χ3n) is 1.29. The van der Waals surface area contributed by atoms with Gasteiger partial charge in [0.15, 0.2) is 0 Å². The lowest BCUT2D eigenvalue weighted by Gasteiger charge is -1.92. The Kier molecular flexibility index (Phi) is 11.1. The van der Waals surface area contributed by atoms with Crippen LogP contribution in [0.1, 0.15) is 39.5 Å². The topological polar surface area (TPSA) is 113 Å². The van der Waals surface area contributed by atoms with Crippen molar-refractivity contribution in [1.82, 2.24) is 0 Å². The van der Waals surface area contributed by atoms with Crippen LogP contribution in [0.5, 0.6) is 0 Å².